The molecule has 7 nitrogen and oxygen atoms in total. The summed E-state index contributed by atoms with van der Waals surface area (Å²) in [6.45, 7) is 2.54. The first-order valence-corrected chi connectivity index (χ1v) is 12.1. The lowest BCUT2D eigenvalue weighted by molar-refractivity contribution is -0.142. The van der Waals surface area contributed by atoms with Crippen LogP contribution in [0.15, 0.2) is 48.5 Å². The van der Waals surface area contributed by atoms with Gasteiger partial charge >= 0.3 is 12.1 Å². The first-order chi connectivity index (χ1) is 16.5. The third kappa shape index (κ3) is 5.41. The summed E-state index contributed by atoms with van der Waals surface area (Å²) in [5, 5.41) is 14.6. The molecule has 2 aromatic carbocycles. The number of rotatable bonds is 9. The lowest BCUT2D eigenvalue weighted by Crippen LogP contribution is -2.40. The van der Waals surface area contributed by atoms with Gasteiger partial charge in [-0.05, 0) is 59.8 Å². The molecule has 0 aromatic heterocycles. The van der Waals surface area contributed by atoms with Gasteiger partial charge in [-0.25, -0.2) is 9.59 Å². The summed E-state index contributed by atoms with van der Waals surface area (Å²) in [5.41, 5.74) is 4.76. The Bertz CT molecular complexity index is 1010. The minimum Gasteiger partial charge on any atom is -0.480 e. The number of hydrogen-bond donors (Lipinski definition) is 3. The van der Waals surface area contributed by atoms with Gasteiger partial charge in [0.2, 0.25) is 5.91 Å². The molecule has 0 bridgehead atoms. The van der Waals surface area contributed by atoms with E-state index < -0.39 is 18.1 Å². The second-order valence-electron chi connectivity index (χ2n) is 9.32. The molecule has 0 aliphatic heterocycles. The number of amides is 2. The summed E-state index contributed by atoms with van der Waals surface area (Å²) in [4.78, 5) is 35.7. The van der Waals surface area contributed by atoms with Crippen LogP contribution in [-0.2, 0) is 14.3 Å². The molecule has 180 valence electrons. The lowest BCUT2D eigenvalue weighted by Gasteiger charge is -2.16. The van der Waals surface area contributed by atoms with Crippen molar-refractivity contribution in [3.63, 3.8) is 0 Å². The molecule has 0 heterocycles. The summed E-state index contributed by atoms with van der Waals surface area (Å²) >= 11 is 0. The largest absolute Gasteiger partial charge is 0.480 e. The van der Waals surface area contributed by atoms with Gasteiger partial charge in [-0.2, -0.15) is 0 Å². The maximum Gasteiger partial charge on any atom is 0.407 e. The Kier molecular flexibility index (Phi) is 7.50. The van der Waals surface area contributed by atoms with Crippen molar-refractivity contribution in [2.45, 2.75) is 51.0 Å². The molecule has 2 amide bonds. The second-order valence-corrected chi connectivity index (χ2v) is 9.32. The minimum absolute atomic E-state index is 0.0327. The highest BCUT2D eigenvalue weighted by Crippen LogP contribution is 2.44. The van der Waals surface area contributed by atoms with E-state index in [1.807, 2.05) is 24.3 Å². The van der Waals surface area contributed by atoms with Crippen LogP contribution in [-0.4, -0.2) is 42.3 Å². The number of hydrogen-bond acceptors (Lipinski definition) is 4. The summed E-state index contributed by atoms with van der Waals surface area (Å²) in [7, 11) is 0. The topological polar surface area (TPSA) is 105 Å². The average Bonchev–Trinajstić information content (AvgIpc) is 3.41. The number of ether oxygens (including phenoxy) is 1. The van der Waals surface area contributed by atoms with Crippen molar-refractivity contribution in [1.29, 1.82) is 0 Å². The molecular weight excluding hydrogens is 432 g/mol. The van der Waals surface area contributed by atoms with E-state index >= 15 is 0 Å². The van der Waals surface area contributed by atoms with Crippen molar-refractivity contribution in [1.82, 2.24) is 10.6 Å². The Balaban J connectivity index is 1.21. The Labute approximate surface area is 199 Å². The molecule has 1 fully saturated rings. The van der Waals surface area contributed by atoms with E-state index in [2.05, 4.69) is 34.9 Å². The first-order valence-electron chi connectivity index (χ1n) is 12.1. The monoisotopic (exact) mass is 464 g/mol. The summed E-state index contributed by atoms with van der Waals surface area (Å²) in [6.07, 6.45) is 2.92. The van der Waals surface area contributed by atoms with Gasteiger partial charge in [0.25, 0.3) is 0 Å². The van der Waals surface area contributed by atoms with Crippen molar-refractivity contribution >= 4 is 18.0 Å². The van der Waals surface area contributed by atoms with E-state index in [1.54, 1.807) is 6.92 Å². The van der Waals surface area contributed by atoms with Crippen LogP contribution in [0.1, 0.15) is 56.1 Å². The molecule has 2 aliphatic rings. The maximum atomic E-state index is 12.4. The van der Waals surface area contributed by atoms with Crippen LogP contribution < -0.4 is 10.6 Å². The number of carbonyl (C=O) groups excluding carboxylic acids is 2. The highest BCUT2D eigenvalue weighted by Gasteiger charge is 2.30. The van der Waals surface area contributed by atoms with Gasteiger partial charge in [-0.3, -0.25) is 4.79 Å². The molecule has 1 saturated carbocycles. The van der Waals surface area contributed by atoms with Crippen molar-refractivity contribution in [2.24, 2.45) is 11.8 Å². The Morgan fingerprint density at radius 2 is 1.62 bits per heavy atom. The molecule has 3 N–H and O–H groups in total. The second kappa shape index (κ2) is 10.7. The van der Waals surface area contributed by atoms with Crippen LogP contribution in [0, 0.1) is 11.8 Å². The quantitative estimate of drug-likeness (QED) is 0.513. The normalized spacial score (nSPS) is 19.7. The zero-order valence-electron chi connectivity index (χ0n) is 19.5. The Morgan fingerprint density at radius 1 is 1.00 bits per heavy atom. The molecule has 2 aliphatic carbocycles. The molecule has 2 aromatic rings. The fourth-order valence-electron chi connectivity index (χ4n) is 5.28. The van der Waals surface area contributed by atoms with Crippen molar-refractivity contribution in [3.05, 3.63) is 59.7 Å². The highest BCUT2D eigenvalue weighted by atomic mass is 16.5. The van der Waals surface area contributed by atoms with Crippen molar-refractivity contribution in [3.8, 4) is 11.1 Å². The predicted octanol–water partition coefficient (Wildman–Crippen LogP) is 4.31. The summed E-state index contributed by atoms with van der Waals surface area (Å²) in [5.74, 6) is -0.692. The number of fused-ring (bicyclic) bond motifs is 3. The molecular formula is C27H32N2O5. The van der Waals surface area contributed by atoms with Crippen LogP contribution in [0.4, 0.5) is 4.79 Å². The van der Waals surface area contributed by atoms with E-state index in [0.717, 1.165) is 19.3 Å². The van der Waals surface area contributed by atoms with Crippen molar-refractivity contribution < 1.29 is 24.2 Å². The number of carbonyl (C=O) groups is 3. The van der Waals surface area contributed by atoms with Gasteiger partial charge in [0.05, 0.1) is 0 Å². The number of carboxylic acid groups (broad SMARTS) is 1. The molecule has 0 saturated heterocycles. The molecule has 34 heavy (non-hydrogen) atoms. The fourth-order valence-corrected chi connectivity index (χ4v) is 5.28. The Morgan fingerprint density at radius 3 is 2.24 bits per heavy atom. The van der Waals surface area contributed by atoms with Gasteiger partial charge in [-0.15, -0.1) is 0 Å². The van der Waals surface area contributed by atoms with Crippen LogP contribution in [0.25, 0.3) is 11.1 Å². The molecule has 7 heteroatoms. The fraction of sp³-hybridized carbons (Fsp3) is 0.444. The third-order valence-electron chi connectivity index (χ3n) is 7.04. The molecule has 3 atom stereocenters. The molecule has 0 spiro atoms. The molecule has 4 rings (SSSR count). The number of alkyl carbamates (subject to hydrolysis) is 1. The molecule has 2 unspecified atom stereocenters. The zero-order chi connectivity index (χ0) is 24.1. The number of nitrogens with one attached hydrogen (secondary N) is 2. The standard InChI is InChI=1S/C27H32N2O5/c1-2-24(26(31)32)29-25(30)14-17-11-12-18(13-17)15-28-27(33)34-16-23-21-9-5-3-7-19(21)20-8-4-6-10-22(20)23/h3-10,17-18,23-24H,2,11-16H2,1H3,(H,28,33)(H,29,30)(H,31,32)/t17?,18?,24-/m0/s1. The van der Waals surface area contributed by atoms with Crippen LogP contribution in [0.2, 0.25) is 0 Å². The number of carboxylic acids is 1. The van der Waals surface area contributed by atoms with Gasteiger partial charge in [0, 0.05) is 18.9 Å². The maximum absolute atomic E-state index is 12.4. The minimum atomic E-state index is -1.01. The van der Waals surface area contributed by atoms with E-state index in [4.69, 9.17) is 9.84 Å². The van der Waals surface area contributed by atoms with E-state index in [-0.39, 0.29) is 24.3 Å². The lowest BCUT2D eigenvalue weighted by atomic mass is 9.98. The van der Waals surface area contributed by atoms with E-state index in [9.17, 15) is 14.4 Å². The van der Waals surface area contributed by atoms with E-state index in [1.165, 1.54) is 22.3 Å². The van der Waals surface area contributed by atoms with E-state index in [0.29, 0.717) is 25.3 Å². The van der Waals surface area contributed by atoms with Crippen LogP contribution in [0.3, 0.4) is 0 Å². The van der Waals surface area contributed by atoms with Crippen molar-refractivity contribution in [2.75, 3.05) is 13.2 Å². The SMILES string of the molecule is CC[C@H](NC(=O)CC1CCC(CNC(=O)OCC2c3ccccc3-c3ccccc32)C1)C(=O)O. The van der Waals surface area contributed by atoms with Gasteiger partial charge in [0.15, 0.2) is 0 Å². The highest BCUT2D eigenvalue weighted by molar-refractivity contribution is 5.83. The van der Waals surface area contributed by atoms with Gasteiger partial charge in [-0.1, -0.05) is 55.5 Å². The molecule has 0 radical (unpaired) electrons. The Hall–Kier alpha value is -3.35. The average molecular weight is 465 g/mol. The summed E-state index contributed by atoms with van der Waals surface area (Å²) < 4.78 is 5.60. The predicted molar refractivity (Wildman–Crippen MR) is 128 cm³/mol. The third-order valence-corrected chi connectivity index (χ3v) is 7.04. The number of benzene rings is 2. The van der Waals surface area contributed by atoms with Crippen LogP contribution in [0.5, 0.6) is 0 Å². The zero-order valence-corrected chi connectivity index (χ0v) is 19.5. The smallest absolute Gasteiger partial charge is 0.407 e. The number of aliphatic carboxylic acids is 1. The van der Waals surface area contributed by atoms with Gasteiger partial charge in [0.1, 0.15) is 12.6 Å². The van der Waals surface area contributed by atoms with Crippen LogP contribution >= 0.6 is 0 Å². The van der Waals surface area contributed by atoms with Gasteiger partial charge < -0.3 is 20.5 Å². The first kappa shape index (κ1) is 23.8. The summed E-state index contributed by atoms with van der Waals surface area (Å²) in [6, 6.07) is 15.6.